The van der Waals surface area contributed by atoms with Gasteiger partial charge in [-0.2, -0.15) is 0 Å². The van der Waals surface area contributed by atoms with Crippen molar-refractivity contribution in [2.75, 3.05) is 7.05 Å². The van der Waals surface area contributed by atoms with Crippen LogP contribution in [0.1, 0.15) is 16.7 Å². The third-order valence-corrected chi connectivity index (χ3v) is 3.92. The molecule has 3 N–H and O–H groups in total. The smallest absolute Gasteiger partial charge is 0.123 e. The molecule has 0 aliphatic rings. The number of hydrogen-bond donors (Lipinski definition) is 2. The Morgan fingerprint density at radius 2 is 1.60 bits per heavy atom. The molecule has 0 aliphatic carbocycles. The van der Waals surface area contributed by atoms with Crippen LogP contribution in [0.25, 0.3) is 0 Å². The fraction of sp³-hybridized carbons (Fsp3) is 0.188. The van der Waals surface area contributed by atoms with Crippen molar-refractivity contribution in [3.63, 3.8) is 0 Å². The number of benzene rings is 2. The maximum Gasteiger partial charge on any atom is 0.123 e. The molecule has 3 nitrogen and oxygen atoms in total. The molecule has 20 heavy (non-hydrogen) atoms. The van der Waals surface area contributed by atoms with Crippen molar-refractivity contribution in [3.8, 4) is 0 Å². The van der Waals surface area contributed by atoms with Crippen LogP contribution in [0.2, 0.25) is 0 Å². The van der Waals surface area contributed by atoms with E-state index >= 15 is 0 Å². The van der Waals surface area contributed by atoms with Gasteiger partial charge in [0.15, 0.2) is 0 Å². The summed E-state index contributed by atoms with van der Waals surface area (Å²) in [6.45, 7) is 1.60. The molecular weight excluding hydrogens is 314 g/mol. The molecule has 0 spiro atoms. The van der Waals surface area contributed by atoms with Crippen LogP contribution in [0.5, 0.6) is 0 Å². The number of nitrogens with zero attached hydrogens (tertiary/aromatic N) is 1. The van der Waals surface area contributed by atoms with E-state index in [-0.39, 0.29) is 5.84 Å². The quantitative estimate of drug-likeness (QED) is 0.652. The molecule has 2 aromatic carbocycles. The molecule has 104 valence electrons. The van der Waals surface area contributed by atoms with Crippen LogP contribution in [0.4, 0.5) is 0 Å². The molecule has 0 fully saturated rings. The summed E-state index contributed by atoms with van der Waals surface area (Å²) in [7, 11) is 2.07. The van der Waals surface area contributed by atoms with E-state index in [0.29, 0.717) is 0 Å². The van der Waals surface area contributed by atoms with E-state index in [1.54, 1.807) is 0 Å². The highest BCUT2D eigenvalue weighted by atomic mass is 79.9. The lowest BCUT2D eigenvalue weighted by Crippen LogP contribution is -2.21. The minimum Gasteiger partial charge on any atom is -0.384 e. The van der Waals surface area contributed by atoms with Crippen LogP contribution in [-0.2, 0) is 13.1 Å². The maximum atomic E-state index is 7.63. The van der Waals surface area contributed by atoms with Crippen molar-refractivity contribution >= 4 is 21.8 Å². The van der Waals surface area contributed by atoms with Gasteiger partial charge in [-0.05, 0) is 24.2 Å². The lowest BCUT2D eigenvalue weighted by Gasteiger charge is -2.19. The first-order valence-electron chi connectivity index (χ1n) is 6.42. The van der Waals surface area contributed by atoms with Crippen LogP contribution >= 0.6 is 15.9 Å². The molecule has 2 rings (SSSR count). The van der Waals surface area contributed by atoms with E-state index in [4.69, 9.17) is 11.1 Å². The number of amidine groups is 1. The number of nitrogen functional groups attached to an aromatic ring is 1. The molecule has 0 aromatic heterocycles. The Balaban J connectivity index is 2.11. The summed E-state index contributed by atoms with van der Waals surface area (Å²) in [5, 5.41) is 7.63. The molecule has 4 heteroatoms. The average Bonchev–Trinajstić information content (AvgIpc) is 2.41. The first-order valence-corrected chi connectivity index (χ1v) is 7.21. The molecule has 0 bridgehead atoms. The Morgan fingerprint density at radius 3 is 2.25 bits per heavy atom. The second-order valence-corrected chi connectivity index (χ2v) is 5.69. The zero-order valence-electron chi connectivity index (χ0n) is 11.4. The van der Waals surface area contributed by atoms with Crippen LogP contribution in [0.3, 0.4) is 0 Å². The molecule has 2 aromatic rings. The zero-order chi connectivity index (χ0) is 14.5. The predicted octanol–water partition coefficient (Wildman–Crippen LogP) is 3.37. The highest BCUT2D eigenvalue weighted by molar-refractivity contribution is 9.10. The van der Waals surface area contributed by atoms with Crippen molar-refractivity contribution in [1.29, 1.82) is 5.41 Å². The first kappa shape index (κ1) is 14.8. The average molecular weight is 332 g/mol. The summed E-state index contributed by atoms with van der Waals surface area (Å²) >= 11 is 3.57. The summed E-state index contributed by atoms with van der Waals surface area (Å²) in [6, 6.07) is 16.0. The molecular formula is C16H18BrN3. The van der Waals surface area contributed by atoms with Gasteiger partial charge in [0, 0.05) is 23.1 Å². The second-order valence-electron chi connectivity index (χ2n) is 4.83. The van der Waals surface area contributed by atoms with Crippen LogP contribution < -0.4 is 5.73 Å². The number of rotatable bonds is 5. The Morgan fingerprint density at radius 1 is 1.05 bits per heavy atom. The summed E-state index contributed by atoms with van der Waals surface area (Å²) in [6.07, 6.45) is 0. The fourth-order valence-corrected chi connectivity index (χ4v) is 2.60. The third kappa shape index (κ3) is 3.68. The fourth-order valence-electron chi connectivity index (χ4n) is 2.19. The van der Waals surface area contributed by atoms with Gasteiger partial charge in [-0.3, -0.25) is 10.3 Å². The normalized spacial score (nSPS) is 10.8. The predicted molar refractivity (Wildman–Crippen MR) is 86.8 cm³/mol. The molecule has 0 unspecified atom stereocenters. The van der Waals surface area contributed by atoms with Gasteiger partial charge in [-0.15, -0.1) is 0 Å². The summed E-state index contributed by atoms with van der Waals surface area (Å²) < 4.78 is 1.12. The minimum atomic E-state index is 0.120. The molecule has 0 saturated carbocycles. The van der Waals surface area contributed by atoms with Crippen molar-refractivity contribution in [1.82, 2.24) is 4.90 Å². The monoisotopic (exact) mass is 331 g/mol. The summed E-state index contributed by atoms with van der Waals surface area (Å²) in [5.41, 5.74) is 8.76. The van der Waals surface area contributed by atoms with E-state index < -0.39 is 0 Å². The minimum absolute atomic E-state index is 0.120. The molecule has 0 saturated heterocycles. The Bertz CT molecular complexity index is 610. The van der Waals surface area contributed by atoms with Crippen molar-refractivity contribution in [2.24, 2.45) is 5.73 Å². The number of nitrogens with one attached hydrogen (secondary N) is 1. The highest BCUT2D eigenvalue weighted by Gasteiger charge is 2.08. The molecule has 0 radical (unpaired) electrons. The van der Waals surface area contributed by atoms with Crippen molar-refractivity contribution in [3.05, 3.63) is 69.7 Å². The van der Waals surface area contributed by atoms with E-state index in [1.165, 1.54) is 5.56 Å². The van der Waals surface area contributed by atoms with Crippen molar-refractivity contribution in [2.45, 2.75) is 13.1 Å². The summed E-state index contributed by atoms with van der Waals surface area (Å²) in [5.74, 6) is 0.120. The summed E-state index contributed by atoms with van der Waals surface area (Å²) in [4.78, 5) is 2.21. The Hall–Kier alpha value is -1.65. The van der Waals surface area contributed by atoms with Crippen molar-refractivity contribution < 1.29 is 0 Å². The first-order chi connectivity index (χ1) is 9.58. The number of nitrogens with two attached hydrogens (primary N) is 1. The standard InChI is InChI=1S/C16H18BrN3/c1-20(11-13-7-3-5-9-15(13)17)10-12-6-2-4-8-14(12)16(18)19/h2-9H,10-11H2,1H3,(H3,18,19). The van der Waals surface area contributed by atoms with E-state index in [9.17, 15) is 0 Å². The van der Waals surface area contributed by atoms with Gasteiger partial charge < -0.3 is 5.73 Å². The topological polar surface area (TPSA) is 53.1 Å². The third-order valence-electron chi connectivity index (χ3n) is 3.15. The van der Waals surface area contributed by atoms with Gasteiger partial charge >= 0.3 is 0 Å². The lowest BCUT2D eigenvalue weighted by molar-refractivity contribution is 0.318. The van der Waals surface area contributed by atoms with Gasteiger partial charge in [0.1, 0.15) is 5.84 Å². The maximum absolute atomic E-state index is 7.63. The number of halogens is 1. The van der Waals surface area contributed by atoms with E-state index in [2.05, 4.69) is 33.9 Å². The van der Waals surface area contributed by atoms with E-state index in [0.717, 1.165) is 28.7 Å². The van der Waals surface area contributed by atoms with Crippen LogP contribution in [0.15, 0.2) is 53.0 Å². The number of hydrogen-bond acceptors (Lipinski definition) is 2. The Kier molecular flexibility index (Phi) is 4.93. The lowest BCUT2D eigenvalue weighted by atomic mass is 10.1. The van der Waals surface area contributed by atoms with Gasteiger partial charge in [-0.1, -0.05) is 58.4 Å². The second kappa shape index (κ2) is 6.68. The molecule has 0 amide bonds. The Labute approximate surface area is 128 Å². The largest absolute Gasteiger partial charge is 0.384 e. The molecule has 0 heterocycles. The molecule has 0 aliphatic heterocycles. The van der Waals surface area contributed by atoms with Gasteiger partial charge in [0.05, 0.1) is 0 Å². The van der Waals surface area contributed by atoms with Crippen LogP contribution in [0, 0.1) is 5.41 Å². The van der Waals surface area contributed by atoms with E-state index in [1.807, 2.05) is 42.5 Å². The van der Waals surface area contributed by atoms with Gasteiger partial charge in [-0.25, -0.2) is 0 Å². The SMILES string of the molecule is CN(Cc1ccccc1Br)Cc1ccccc1C(=N)N. The molecule has 0 atom stereocenters. The highest BCUT2D eigenvalue weighted by Crippen LogP contribution is 2.19. The van der Waals surface area contributed by atoms with Gasteiger partial charge in [0.25, 0.3) is 0 Å². The van der Waals surface area contributed by atoms with Gasteiger partial charge in [0.2, 0.25) is 0 Å². The van der Waals surface area contributed by atoms with Crippen LogP contribution in [-0.4, -0.2) is 17.8 Å². The zero-order valence-corrected chi connectivity index (χ0v) is 13.0.